The molecule has 1 aromatic rings. The molecule has 0 unspecified atom stereocenters. The molecule has 0 saturated carbocycles. The first-order valence-electron chi connectivity index (χ1n) is 6.10. The molecule has 8 heteroatoms. The van der Waals surface area contributed by atoms with Gasteiger partial charge in [0.15, 0.2) is 0 Å². The average Bonchev–Trinajstić information content (AvgIpc) is 2.26. The van der Waals surface area contributed by atoms with Crippen molar-refractivity contribution in [1.82, 2.24) is 14.7 Å². The van der Waals surface area contributed by atoms with Gasteiger partial charge in [0.2, 0.25) is 10.0 Å². The molecule has 1 aromatic heterocycles. The molecule has 0 aliphatic carbocycles. The number of hydrogen-bond donors (Lipinski definition) is 3. The molecule has 0 fully saturated rings. The minimum Gasteiger partial charge on any atom is -0.383 e. The van der Waals surface area contributed by atoms with Gasteiger partial charge in [0.25, 0.3) is 0 Å². The number of rotatable bonds is 7. The van der Waals surface area contributed by atoms with Crippen molar-refractivity contribution < 1.29 is 8.42 Å². The standard InChI is InChI=1S/C11H21N5O2S/c1-8(2)9-10(12)14-7-15-11(9)13-5-4-6-16-19(3,17)18/h7-8,16H,4-6H2,1-3H3,(H3,12,13,14,15). The maximum Gasteiger partial charge on any atom is 0.208 e. The summed E-state index contributed by atoms with van der Waals surface area (Å²) in [7, 11) is -3.12. The summed E-state index contributed by atoms with van der Waals surface area (Å²) in [5, 5.41) is 3.16. The topological polar surface area (TPSA) is 110 Å². The van der Waals surface area contributed by atoms with Crippen LogP contribution in [-0.4, -0.2) is 37.7 Å². The number of nitrogens with zero attached hydrogens (tertiary/aromatic N) is 2. The van der Waals surface area contributed by atoms with Crippen LogP contribution in [-0.2, 0) is 10.0 Å². The lowest BCUT2D eigenvalue weighted by atomic mass is 10.0. The Kier molecular flexibility index (Phi) is 5.49. The number of nitrogens with two attached hydrogens (primary N) is 1. The van der Waals surface area contributed by atoms with E-state index in [4.69, 9.17) is 5.73 Å². The maximum absolute atomic E-state index is 10.9. The van der Waals surface area contributed by atoms with Crippen molar-refractivity contribution in [1.29, 1.82) is 0 Å². The molecule has 0 saturated heterocycles. The number of hydrogen-bond acceptors (Lipinski definition) is 6. The van der Waals surface area contributed by atoms with E-state index in [2.05, 4.69) is 20.0 Å². The Morgan fingerprint density at radius 1 is 1.32 bits per heavy atom. The van der Waals surface area contributed by atoms with Gasteiger partial charge in [-0.05, 0) is 12.3 Å². The predicted octanol–water partition coefficient (Wildman–Crippen LogP) is 0.533. The van der Waals surface area contributed by atoms with Crippen LogP contribution < -0.4 is 15.8 Å². The van der Waals surface area contributed by atoms with Crippen LogP contribution in [0.25, 0.3) is 0 Å². The number of sulfonamides is 1. The van der Waals surface area contributed by atoms with Crippen molar-refractivity contribution in [3.63, 3.8) is 0 Å². The van der Waals surface area contributed by atoms with E-state index in [-0.39, 0.29) is 5.92 Å². The highest BCUT2D eigenvalue weighted by Gasteiger charge is 2.12. The van der Waals surface area contributed by atoms with E-state index in [1.807, 2.05) is 13.8 Å². The highest BCUT2D eigenvalue weighted by molar-refractivity contribution is 7.88. The normalized spacial score (nSPS) is 11.8. The maximum atomic E-state index is 10.9. The quantitative estimate of drug-likeness (QED) is 0.631. The first-order valence-corrected chi connectivity index (χ1v) is 7.99. The SMILES string of the molecule is CC(C)c1c(N)ncnc1NCCCNS(C)(=O)=O. The number of nitrogen functional groups attached to an aromatic ring is 1. The molecule has 0 bridgehead atoms. The Bertz CT molecular complexity index is 516. The van der Waals surface area contributed by atoms with Gasteiger partial charge in [-0.25, -0.2) is 23.1 Å². The van der Waals surface area contributed by atoms with Crippen molar-refractivity contribution >= 4 is 21.7 Å². The summed E-state index contributed by atoms with van der Waals surface area (Å²) in [6, 6.07) is 0. The molecule has 0 aliphatic rings. The lowest BCUT2D eigenvalue weighted by Crippen LogP contribution is -2.24. The fourth-order valence-electron chi connectivity index (χ4n) is 1.67. The lowest BCUT2D eigenvalue weighted by Gasteiger charge is -2.14. The summed E-state index contributed by atoms with van der Waals surface area (Å²) < 4.78 is 24.2. The fraction of sp³-hybridized carbons (Fsp3) is 0.636. The van der Waals surface area contributed by atoms with Crippen LogP contribution in [0.4, 0.5) is 11.6 Å². The summed E-state index contributed by atoms with van der Waals surface area (Å²) in [5.74, 6) is 1.40. The zero-order valence-corrected chi connectivity index (χ0v) is 12.3. The molecule has 4 N–H and O–H groups in total. The molecule has 7 nitrogen and oxygen atoms in total. The van der Waals surface area contributed by atoms with Crippen LogP contribution in [0.1, 0.15) is 31.7 Å². The lowest BCUT2D eigenvalue weighted by molar-refractivity contribution is 0.586. The van der Waals surface area contributed by atoms with E-state index >= 15 is 0 Å². The summed E-state index contributed by atoms with van der Waals surface area (Å²) in [6.07, 6.45) is 3.22. The van der Waals surface area contributed by atoms with E-state index in [1.54, 1.807) is 0 Å². The van der Waals surface area contributed by atoms with Crippen molar-refractivity contribution in [2.75, 3.05) is 30.4 Å². The number of nitrogens with one attached hydrogen (secondary N) is 2. The Hall–Kier alpha value is -1.41. The first kappa shape index (κ1) is 15.6. The van der Waals surface area contributed by atoms with E-state index < -0.39 is 10.0 Å². The van der Waals surface area contributed by atoms with Crippen LogP contribution in [0, 0.1) is 0 Å². The molecule has 0 aliphatic heterocycles. The molecule has 0 aromatic carbocycles. The highest BCUT2D eigenvalue weighted by atomic mass is 32.2. The molecule has 0 radical (unpaired) electrons. The van der Waals surface area contributed by atoms with Gasteiger partial charge >= 0.3 is 0 Å². The monoisotopic (exact) mass is 287 g/mol. The van der Waals surface area contributed by atoms with E-state index in [1.165, 1.54) is 6.33 Å². The van der Waals surface area contributed by atoms with Crippen molar-refractivity contribution in [3.8, 4) is 0 Å². The Balaban J connectivity index is 2.52. The predicted molar refractivity (Wildman–Crippen MR) is 76.5 cm³/mol. The molecule has 0 amide bonds. The van der Waals surface area contributed by atoms with E-state index in [0.29, 0.717) is 31.1 Å². The van der Waals surface area contributed by atoms with Gasteiger partial charge in [-0.3, -0.25) is 0 Å². The summed E-state index contributed by atoms with van der Waals surface area (Å²) in [6.45, 7) is 5.04. The zero-order valence-electron chi connectivity index (χ0n) is 11.5. The Morgan fingerprint density at radius 3 is 2.58 bits per heavy atom. The third-order valence-corrected chi connectivity index (χ3v) is 3.23. The van der Waals surface area contributed by atoms with Crippen molar-refractivity contribution in [2.45, 2.75) is 26.2 Å². The second-order valence-corrected chi connectivity index (χ2v) is 6.46. The zero-order chi connectivity index (χ0) is 14.5. The van der Waals surface area contributed by atoms with Crippen LogP contribution in [0.5, 0.6) is 0 Å². The Labute approximate surface area is 114 Å². The Morgan fingerprint density at radius 2 is 2.00 bits per heavy atom. The molecule has 0 spiro atoms. The number of aromatic nitrogens is 2. The second-order valence-electron chi connectivity index (χ2n) is 4.62. The molecular weight excluding hydrogens is 266 g/mol. The first-order chi connectivity index (χ1) is 8.81. The third-order valence-electron chi connectivity index (χ3n) is 2.50. The number of anilines is 2. The van der Waals surface area contributed by atoms with Crippen molar-refractivity contribution in [3.05, 3.63) is 11.9 Å². The third kappa shape index (κ3) is 5.39. The van der Waals surface area contributed by atoms with Gasteiger partial charge in [-0.2, -0.15) is 0 Å². The molecule has 108 valence electrons. The smallest absolute Gasteiger partial charge is 0.208 e. The van der Waals surface area contributed by atoms with Crippen LogP contribution in [0.2, 0.25) is 0 Å². The molecule has 0 atom stereocenters. The van der Waals surface area contributed by atoms with E-state index in [9.17, 15) is 8.42 Å². The molecule has 1 heterocycles. The molecule has 1 rings (SSSR count). The van der Waals surface area contributed by atoms with Crippen LogP contribution in [0.15, 0.2) is 6.33 Å². The van der Waals surface area contributed by atoms with Gasteiger partial charge in [0.05, 0.1) is 6.26 Å². The molecular formula is C11H21N5O2S. The van der Waals surface area contributed by atoms with Gasteiger partial charge in [0.1, 0.15) is 18.0 Å². The van der Waals surface area contributed by atoms with Gasteiger partial charge < -0.3 is 11.1 Å². The minimum atomic E-state index is -3.12. The largest absolute Gasteiger partial charge is 0.383 e. The van der Waals surface area contributed by atoms with Gasteiger partial charge in [-0.1, -0.05) is 13.8 Å². The summed E-state index contributed by atoms with van der Waals surface area (Å²) >= 11 is 0. The van der Waals surface area contributed by atoms with Crippen LogP contribution in [0.3, 0.4) is 0 Å². The molecule has 19 heavy (non-hydrogen) atoms. The van der Waals surface area contributed by atoms with Crippen molar-refractivity contribution in [2.24, 2.45) is 0 Å². The summed E-state index contributed by atoms with van der Waals surface area (Å²) in [5.41, 5.74) is 6.71. The minimum absolute atomic E-state index is 0.220. The second kappa shape index (κ2) is 6.67. The van der Waals surface area contributed by atoms with Crippen LogP contribution >= 0.6 is 0 Å². The fourth-order valence-corrected chi connectivity index (χ4v) is 2.19. The highest BCUT2D eigenvalue weighted by Crippen LogP contribution is 2.25. The summed E-state index contributed by atoms with van der Waals surface area (Å²) in [4.78, 5) is 8.14. The van der Waals surface area contributed by atoms with Gasteiger partial charge in [0, 0.05) is 18.7 Å². The van der Waals surface area contributed by atoms with Gasteiger partial charge in [-0.15, -0.1) is 0 Å². The van der Waals surface area contributed by atoms with E-state index in [0.717, 1.165) is 11.8 Å². The average molecular weight is 287 g/mol.